The van der Waals surface area contributed by atoms with Crippen molar-refractivity contribution in [3.63, 3.8) is 0 Å². The number of rotatable bonds is 6. The third kappa shape index (κ3) is 3.53. The molecule has 0 bridgehead atoms. The van der Waals surface area contributed by atoms with E-state index in [1.807, 2.05) is 0 Å². The van der Waals surface area contributed by atoms with Crippen LogP contribution in [-0.2, 0) is 4.79 Å². The predicted octanol–water partition coefficient (Wildman–Crippen LogP) is 2.32. The second kappa shape index (κ2) is 7.26. The average molecular weight is 402 g/mol. The summed E-state index contributed by atoms with van der Waals surface area (Å²) in [6.45, 7) is 1.35. The summed E-state index contributed by atoms with van der Waals surface area (Å²) in [4.78, 5) is 42.7. The van der Waals surface area contributed by atoms with Gasteiger partial charge in [0.1, 0.15) is 11.6 Å². The van der Waals surface area contributed by atoms with Crippen molar-refractivity contribution in [2.75, 3.05) is 0 Å². The Morgan fingerprint density at radius 3 is 2.17 bits per heavy atom. The van der Waals surface area contributed by atoms with Crippen molar-refractivity contribution in [1.82, 2.24) is 15.0 Å². The van der Waals surface area contributed by atoms with Crippen LogP contribution in [0.4, 0.5) is 17.1 Å². The van der Waals surface area contributed by atoms with Gasteiger partial charge in [-0.25, -0.2) is 9.48 Å². The molecule has 0 aliphatic heterocycles. The molecule has 2 aromatic carbocycles. The van der Waals surface area contributed by atoms with Crippen molar-refractivity contribution in [3.05, 3.63) is 66.7 Å². The molecule has 3 aromatic rings. The zero-order valence-corrected chi connectivity index (χ0v) is 14.5. The third-order valence-corrected chi connectivity index (χ3v) is 3.93. The average Bonchev–Trinajstić information content (AvgIpc) is 3.10. The summed E-state index contributed by atoms with van der Waals surface area (Å²) in [5, 5.41) is 41.1. The summed E-state index contributed by atoms with van der Waals surface area (Å²) in [7, 11) is 0. The fraction of sp³-hybridized carbons (Fsp3) is 0.133. The standard InChI is InChI=1S/C15H10N6O8/c1-8(18-11-5-3-2-4-10(11)16-17-18)15(22)29-14-12(20(25)26)6-9(19(23)24)7-13(14)21(27)28/h2-8H,1H3. The molecule has 14 nitrogen and oxygen atoms in total. The van der Waals surface area contributed by atoms with Gasteiger partial charge in [-0.3, -0.25) is 30.3 Å². The lowest BCUT2D eigenvalue weighted by atomic mass is 10.2. The van der Waals surface area contributed by atoms with E-state index < -0.39 is 49.6 Å². The molecule has 29 heavy (non-hydrogen) atoms. The molecule has 0 aliphatic carbocycles. The van der Waals surface area contributed by atoms with Crippen LogP contribution in [0.2, 0.25) is 0 Å². The van der Waals surface area contributed by atoms with Gasteiger partial charge in [-0.1, -0.05) is 17.3 Å². The van der Waals surface area contributed by atoms with E-state index in [9.17, 15) is 35.1 Å². The van der Waals surface area contributed by atoms with Crippen LogP contribution in [0.5, 0.6) is 5.75 Å². The van der Waals surface area contributed by atoms with E-state index in [-0.39, 0.29) is 0 Å². The summed E-state index contributed by atoms with van der Waals surface area (Å²) < 4.78 is 6.12. The molecule has 0 spiro atoms. The molecule has 0 amide bonds. The molecule has 1 heterocycles. The quantitative estimate of drug-likeness (QED) is 0.256. The molecule has 0 radical (unpaired) electrons. The number of hydrogen-bond donors (Lipinski definition) is 0. The molecular formula is C15H10N6O8. The van der Waals surface area contributed by atoms with Crippen molar-refractivity contribution in [3.8, 4) is 5.75 Å². The highest BCUT2D eigenvalue weighted by Crippen LogP contribution is 2.41. The van der Waals surface area contributed by atoms with Gasteiger partial charge in [0.2, 0.25) is 0 Å². The van der Waals surface area contributed by atoms with E-state index in [1.165, 1.54) is 11.6 Å². The van der Waals surface area contributed by atoms with Crippen LogP contribution in [-0.4, -0.2) is 35.7 Å². The first-order valence-corrected chi connectivity index (χ1v) is 7.83. The van der Waals surface area contributed by atoms with Gasteiger partial charge >= 0.3 is 17.3 Å². The van der Waals surface area contributed by atoms with Gasteiger partial charge in [0.05, 0.1) is 32.4 Å². The molecule has 0 N–H and O–H groups in total. The zero-order valence-electron chi connectivity index (χ0n) is 14.5. The number of nitro benzene ring substituents is 3. The predicted molar refractivity (Wildman–Crippen MR) is 94.3 cm³/mol. The van der Waals surface area contributed by atoms with Crippen LogP contribution in [0.25, 0.3) is 11.0 Å². The van der Waals surface area contributed by atoms with Gasteiger partial charge in [-0.2, -0.15) is 0 Å². The summed E-state index contributed by atoms with van der Waals surface area (Å²) >= 11 is 0. The Morgan fingerprint density at radius 2 is 1.62 bits per heavy atom. The van der Waals surface area contributed by atoms with Crippen LogP contribution in [0.1, 0.15) is 13.0 Å². The molecular weight excluding hydrogens is 392 g/mol. The summed E-state index contributed by atoms with van der Waals surface area (Å²) in [5.41, 5.74) is -2.13. The fourth-order valence-corrected chi connectivity index (χ4v) is 2.52. The second-order valence-electron chi connectivity index (χ2n) is 5.70. The molecule has 0 saturated carbocycles. The first-order chi connectivity index (χ1) is 13.7. The van der Waals surface area contributed by atoms with Crippen molar-refractivity contribution in [2.24, 2.45) is 0 Å². The number of non-ortho nitro benzene ring substituents is 1. The first-order valence-electron chi connectivity index (χ1n) is 7.83. The maximum atomic E-state index is 12.5. The number of para-hydroxylation sites is 1. The topological polar surface area (TPSA) is 186 Å². The van der Waals surface area contributed by atoms with Gasteiger partial charge in [0.15, 0.2) is 0 Å². The number of nitro groups is 3. The maximum absolute atomic E-state index is 12.5. The highest BCUT2D eigenvalue weighted by atomic mass is 16.6. The largest absolute Gasteiger partial charge is 0.410 e. The minimum absolute atomic E-state index is 0.463. The summed E-state index contributed by atoms with van der Waals surface area (Å²) in [5.74, 6) is -2.12. The van der Waals surface area contributed by atoms with E-state index in [0.717, 1.165) is 0 Å². The van der Waals surface area contributed by atoms with Crippen LogP contribution < -0.4 is 4.74 Å². The van der Waals surface area contributed by atoms with Gasteiger partial charge < -0.3 is 4.74 Å². The minimum atomic E-state index is -1.16. The Morgan fingerprint density at radius 1 is 1.03 bits per heavy atom. The summed E-state index contributed by atoms with van der Waals surface area (Å²) in [6, 6.07) is 6.44. The monoisotopic (exact) mass is 402 g/mol. The van der Waals surface area contributed by atoms with E-state index in [0.29, 0.717) is 23.2 Å². The van der Waals surface area contributed by atoms with Crippen LogP contribution in [0, 0.1) is 30.3 Å². The van der Waals surface area contributed by atoms with Crippen molar-refractivity contribution in [2.45, 2.75) is 13.0 Å². The van der Waals surface area contributed by atoms with Gasteiger partial charge in [-0.15, -0.1) is 5.10 Å². The number of fused-ring (bicyclic) bond motifs is 1. The fourth-order valence-electron chi connectivity index (χ4n) is 2.52. The van der Waals surface area contributed by atoms with E-state index >= 15 is 0 Å². The minimum Gasteiger partial charge on any atom is -0.410 e. The molecule has 0 aliphatic rings. The Bertz CT molecular complexity index is 1140. The SMILES string of the molecule is CC(C(=O)Oc1c([N+](=O)[O-])cc([N+](=O)[O-])cc1[N+](=O)[O-])n1nnc2ccccc21. The molecule has 1 unspecified atom stereocenters. The maximum Gasteiger partial charge on any atom is 0.336 e. The Kier molecular flexibility index (Phi) is 4.83. The van der Waals surface area contributed by atoms with Gasteiger partial charge in [0.25, 0.3) is 11.4 Å². The number of hydrogen-bond acceptors (Lipinski definition) is 10. The number of ether oxygens (including phenoxy) is 1. The number of benzene rings is 2. The number of nitrogens with zero attached hydrogens (tertiary/aromatic N) is 6. The van der Waals surface area contributed by atoms with Crippen LogP contribution >= 0.6 is 0 Å². The number of esters is 1. The Balaban J connectivity index is 2.04. The van der Waals surface area contributed by atoms with Gasteiger partial charge in [0, 0.05) is 0 Å². The van der Waals surface area contributed by atoms with Gasteiger partial charge in [-0.05, 0) is 19.1 Å². The van der Waals surface area contributed by atoms with Crippen LogP contribution in [0.3, 0.4) is 0 Å². The van der Waals surface area contributed by atoms with E-state index in [4.69, 9.17) is 4.74 Å². The second-order valence-corrected chi connectivity index (χ2v) is 5.70. The normalized spacial score (nSPS) is 11.8. The summed E-state index contributed by atoms with van der Waals surface area (Å²) in [6.07, 6.45) is 0. The van der Waals surface area contributed by atoms with E-state index in [1.54, 1.807) is 24.3 Å². The number of carbonyl (C=O) groups excluding carboxylic acids is 1. The molecule has 3 rings (SSSR count). The lowest BCUT2D eigenvalue weighted by molar-refractivity contribution is -0.404. The zero-order chi connectivity index (χ0) is 21.3. The Labute approximate surface area is 159 Å². The van der Waals surface area contributed by atoms with Crippen molar-refractivity contribution < 1.29 is 24.3 Å². The molecule has 14 heteroatoms. The van der Waals surface area contributed by atoms with E-state index in [2.05, 4.69) is 10.3 Å². The van der Waals surface area contributed by atoms with Crippen molar-refractivity contribution in [1.29, 1.82) is 0 Å². The van der Waals surface area contributed by atoms with Crippen molar-refractivity contribution >= 4 is 34.1 Å². The molecule has 148 valence electrons. The van der Waals surface area contributed by atoms with Crippen LogP contribution in [0.15, 0.2) is 36.4 Å². The molecule has 1 atom stereocenters. The number of carbonyl (C=O) groups is 1. The highest BCUT2D eigenvalue weighted by molar-refractivity contribution is 5.82. The lowest BCUT2D eigenvalue weighted by Crippen LogP contribution is -2.23. The Hall–Kier alpha value is -4.49. The smallest absolute Gasteiger partial charge is 0.336 e. The molecule has 1 aromatic heterocycles. The first kappa shape index (κ1) is 19.3. The highest BCUT2D eigenvalue weighted by Gasteiger charge is 2.35. The molecule has 0 saturated heterocycles. The third-order valence-electron chi connectivity index (χ3n) is 3.93. The lowest BCUT2D eigenvalue weighted by Gasteiger charge is -2.12. The molecule has 0 fully saturated rings. The number of aromatic nitrogens is 3.